The SMILES string of the molecule is c1ccc(CSP234N5CCN2CCN3CCN4CC5)cc1. The third kappa shape index (κ3) is 1.41. The molecule has 4 fully saturated rings. The molecule has 5 rings (SSSR count). The van der Waals surface area contributed by atoms with Crippen molar-refractivity contribution in [1.82, 2.24) is 18.7 Å². The van der Waals surface area contributed by atoms with Gasteiger partial charge in [0.15, 0.2) is 0 Å². The van der Waals surface area contributed by atoms with E-state index in [1.165, 1.54) is 57.9 Å². The molecule has 0 saturated carbocycles. The molecular weight excluding hydrogens is 299 g/mol. The molecule has 0 unspecified atom stereocenters. The van der Waals surface area contributed by atoms with E-state index >= 15 is 0 Å². The fourth-order valence-electron chi connectivity index (χ4n) is 4.93. The molecule has 1 aromatic carbocycles. The Morgan fingerprint density at radius 2 is 1.14 bits per heavy atom. The predicted molar refractivity (Wildman–Crippen MR) is 90.9 cm³/mol. The molecule has 0 N–H and O–H groups in total. The van der Waals surface area contributed by atoms with Crippen LogP contribution in [0, 0.1) is 0 Å². The molecule has 0 amide bonds. The average Bonchev–Trinajstić information content (AvgIpc) is 3.15. The Kier molecular flexibility index (Phi) is 2.81. The first-order valence-corrected chi connectivity index (χ1v) is 11.7. The van der Waals surface area contributed by atoms with E-state index in [4.69, 9.17) is 0 Å². The van der Waals surface area contributed by atoms with E-state index in [0.29, 0.717) is 0 Å². The van der Waals surface area contributed by atoms with Crippen molar-refractivity contribution in [3.05, 3.63) is 35.9 Å². The molecule has 4 saturated heterocycles. The Morgan fingerprint density at radius 1 is 0.714 bits per heavy atom. The zero-order valence-electron chi connectivity index (χ0n) is 12.4. The third-order valence-corrected chi connectivity index (χ3v) is 16.8. The molecule has 0 bridgehead atoms. The van der Waals surface area contributed by atoms with Crippen molar-refractivity contribution < 1.29 is 0 Å². The van der Waals surface area contributed by atoms with Gasteiger partial charge in [-0.05, 0) is 0 Å². The maximum atomic E-state index is 2.89. The second-order valence-corrected chi connectivity index (χ2v) is 13.7. The summed E-state index contributed by atoms with van der Waals surface area (Å²) >= 11 is 2.29. The van der Waals surface area contributed by atoms with Crippen molar-refractivity contribution in [3.63, 3.8) is 0 Å². The summed E-state index contributed by atoms with van der Waals surface area (Å²) in [6.45, 7) is 10.3. The topological polar surface area (TPSA) is 13.0 Å². The predicted octanol–water partition coefficient (Wildman–Crippen LogP) is 2.31. The van der Waals surface area contributed by atoms with Gasteiger partial charge in [0.2, 0.25) is 0 Å². The van der Waals surface area contributed by atoms with Gasteiger partial charge in [0.1, 0.15) is 0 Å². The van der Waals surface area contributed by atoms with Crippen LogP contribution >= 0.6 is 17.8 Å². The number of benzene rings is 1. The summed E-state index contributed by atoms with van der Waals surface area (Å²) in [5.74, 6) is 1.15. The van der Waals surface area contributed by atoms with Crippen molar-refractivity contribution >= 4 is 17.8 Å². The summed E-state index contributed by atoms with van der Waals surface area (Å²) in [6.07, 6.45) is -2.14. The van der Waals surface area contributed by atoms with E-state index in [1.54, 1.807) is 0 Å². The van der Waals surface area contributed by atoms with Crippen molar-refractivity contribution in [2.75, 3.05) is 52.4 Å². The van der Waals surface area contributed by atoms with Crippen LogP contribution in [0.15, 0.2) is 30.3 Å². The number of hydrogen-bond acceptors (Lipinski definition) is 5. The minimum absolute atomic E-state index is 1.15. The quantitative estimate of drug-likeness (QED) is 0.790. The Bertz CT molecular complexity index is 493. The van der Waals surface area contributed by atoms with Crippen molar-refractivity contribution in [1.29, 1.82) is 0 Å². The summed E-state index contributed by atoms with van der Waals surface area (Å²) in [5, 5.41) is 0. The fraction of sp³-hybridized carbons (Fsp3) is 0.600. The molecule has 0 radical (unpaired) electrons. The molecule has 1 aromatic rings. The third-order valence-electron chi connectivity index (χ3n) is 5.75. The van der Waals surface area contributed by atoms with Crippen molar-refractivity contribution in [2.45, 2.75) is 5.75 Å². The Morgan fingerprint density at radius 3 is 1.57 bits per heavy atom. The average molecular weight is 322 g/mol. The van der Waals surface area contributed by atoms with E-state index in [-0.39, 0.29) is 0 Å². The standard InChI is InChI=1S/C15H23N4PS/c1-2-4-15(5-3-1)14-21-20-16-6-7-17(20)10-11-19(20)13-12-18(20)9-8-16/h1-5H,6-14H2. The van der Waals surface area contributed by atoms with Crippen LogP contribution in [0.3, 0.4) is 0 Å². The second-order valence-electron chi connectivity index (χ2n) is 6.44. The van der Waals surface area contributed by atoms with Gasteiger partial charge < -0.3 is 0 Å². The summed E-state index contributed by atoms with van der Waals surface area (Å²) < 4.78 is 11.6. The summed E-state index contributed by atoms with van der Waals surface area (Å²) in [6, 6.07) is 11.0. The van der Waals surface area contributed by atoms with Crippen LogP contribution in [0.5, 0.6) is 0 Å². The monoisotopic (exact) mass is 322 g/mol. The first-order chi connectivity index (χ1) is 10.3. The molecule has 6 heteroatoms. The van der Waals surface area contributed by atoms with E-state index < -0.39 is 6.41 Å². The number of rotatable bonds is 3. The van der Waals surface area contributed by atoms with Gasteiger partial charge in [-0.15, -0.1) is 0 Å². The first-order valence-electron chi connectivity index (χ1n) is 8.07. The second kappa shape index (κ2) is 4.44. The number of hydrogen-bond donors (Lipinski definition) is 0. The molecule has 4 aliphatic rings. The van der Waals surface area contributed by atoms with Crippen LogP contribution in [0.2, 0.25) is 0 Å². The van der Waals surface area contributed by atoms with E-state index in [2.05, 4.69) is 60.4 Å². The van der Waals surface area contributed by atoms with E-state index in [1.807, 2.05) is 0 Å². The Hall–Kier alpha value is -0.160. The molecule has 114 valence electrons. The minimum atomic E-state index is -2.14. The normalized spacial score (nSPS) is 32.9. The van der Waals surface area contributed by atoms with Gasteiger partial charge >= 0.3 is 130 Å². The van der Waals surface area contributed by atoms with Crippen LogP contribution in [0.25, 0.3) is 0 Å². The van der Waals surface area contributed by atoms with Gasteiger partial charge in [-0.25, -0.2) is 0 Å². The Balaban J connectivity index is 1.56. The first kappa shape index (κ1) is 13.3. The summed E-state index contributed by atoms with van der Waals surface area (Å²) in [4.78, 5) is 0. The zero-order chi connectivity index (χ0) is 13.9. The molecular formula is C15H23N4PS. The van der Waals surface area contributed by atoms with Gasteiger partial charge in [-0.1, -0.05) is 0 Å². The van der Waals surface area contributed by atoms with E-state index in [0.717, 1.165) is 5.75 Å². The fourth-order valence-corrected chi connectivity index (χ4v) is 16.9. The van der Waals surface area contributed by atoms with Gasteiger partial charge in [-0.3, -0.25) is 0 Å². The van der Waals surface area contributed by atoms with Crippen molar-refractivity contribution in [3.8, 4) is 0 Å². The molecule has 0 aromatic heterocycles. The summed E-state index contributed by atoms with van der Waals surface area (Å²) in [7, 11) is 0. The van der Waals surface area contributed by atoms with Crippen LogP contribution in [0.4, 0.5) is 0 Å². The molecule has 4 aliphatic heterocycles. The maximum absolute atomic E-state index is 2.89. The van der Waals surface area contributed by atoms with Crippen molar-refractivity contribution in [2.24, 2.45) is 0 Å². The molecule has 0 atom stereocenters. The van der Waals surface area contributed by atoms with Crippen LogP contribution in [-0.4, -0.2) is 71.0 Å². The molecule has 4 nitrogen and oxygen atoms in total. The van der Waals surface area contributed by atoms with Gasteiger partial charge in [0, 0.05) is 0 Å². The zero-order valence-corrected chi connectivity index (χ0v) is 14.1. The summed E-state index contributed by atoms with van der Waals surface area (Å²) in [5.41, 5.74) is 1.48. The molecule has 4 heterocycles. The van der Waals surface area contributed by atoms with Gasteiger partial charge in [0.25, 0.3) is 0 Å². The van der Waals surface area contributed by atoms with Gasteiger partial charge in [-0.2, -0.15) is 0 Å². The Labute approximate surface area is 130 Å². The van der Waals surface area contributed by atoms with Crippen LogP contribution < -0.4 is 0 Å². The van der Waals surface area contributed by atoms with Gasteiger partial charge in [0.05, 0.1) is 0 Å². The number of nitrogens with zero attached hydrogens (tertiary/aromatic N) is 4. The molecule has 0 aliphatic carbocycles. The molecule has 1 spiro atoms. The van der Waals surface area contributed by atoms with E-state index in [9.17, 15) is 0 Å². The van der Waals surface area contributed by atoms with Crippen LogP contribution in [-0.2, 0) is 5.75 Å². The molecule has 21 heavy (non-hydrogen) atoms. The van der Waals surface area contributed by atoms with Crippen LogP contribution in [0.1, 0.15) is 5.56 Å².